The molecule has 0 unspecified atom stereocenters. The van der Waals surface area contributed by atoms with Crippen LogP contribution in [0.1, 0.15) is 39.2 Å². The van der Waals surface area contributed by atoms with Gasteiger partial charge < -0.3 is 29.7 Å². The fourth-order valence-electron chi connectivity index (χ4n) is 4.90. The third kappa shape index (κ3) is 7.55. The molecule has 2 amide bonds. The van der Waals surface area contributed by atoms with Crippen molar-refractivity contribution in [3.05, 3.63) is 47.5 Å². The van der Waals surface area contributed by atoms with Gasteiger partial charge in [-0.1, -0.05) is 30.3 Å². The van der Waals surface area contributed by atoms with Gasteiger partial charge in [-0.05, 0) is 51.7 Å². The van der Waals surface area contributed by atoms with Crippen molar-refractivity contribution >= 4 is 19.1 Å². The molecule has 0 aromatic heterocycles. The van der Waals surface area contributed by atoms with Crippen molar-refractivity contribution in [2.24, 2.45) is 0 Å². The highest BCUT2D eigenvalue weighted by Crippen LogP contribution is 2.31. The van der Waals surface area contributed by atoms with Crippen LogP contribution < -0.4 is 5.32 Å². The molecule has 0 radical (unpaired) electrons. The maximum atomic E-state index is 13.4. The van der Waals surface area contributed by atoms with Crippen LogP contribution in [-0.2, 0) is 20.7 Å². The predicted octanol–water partition coefficient (Wildman–Crippen LogP) is 1.28. The first-order chi connectivity index (χ1) is 17.6. The van der Waals surface area contributed by atoms with Crippen molar-refractivity contribution in [3.63, 3.8) is 0 Å². The minimum Gasteiger partial charge on any atom is -0.447 e. The molecule has 0 saturated carbocycles. The molecule has 2 fully saturated rings. The van der Waals surface area contributed by atoms with E-state index >= 15 is 0 Å². The third-order valence-corrected chi connectivity index (χ3v) is 7.14. The first-order valence-corrected chi connectivity index (χ1v) is 12.7. The average molecular weight is 512 g/mol. The van der Waals surface area contributed by atoms with Crippen LogP contribution in [0.5, 0.6) is 0 Å². The summed E-state index contributed by atoms with van der Waals surface area (Å²) in [5, 5.41) is 31.8. The Balaban J connectivity index is 1.64. The third-order valence-electron chi connectivity index (χ3n) is 7.14. The number of nitriles is 1. The number of alkyl carbamates (subject to hydrolysis) is 1. The van der Waals surface area contributed by atoms with Crippen LogP contribution in [0.25, 0.3) is 0 Å². The number of rotatable bonds is 9. The molecule has 10 nitrogen and oxygen atoms in total. The van der Waals surface area contributed by atoms with E-state index in [9.17, 15) is 24.9 Å². The lowest BCUT2D eigenvalue weighted by Crippen LogP contribution is -2.52. The van der Waals surface area contributed by atoms with E-state index in [1.807, 2.05) is 51.1 Å². The van der Waals surface area contributed by atoms with Gasteiger partial charge in [-0.2, -0.15) is 5.26 Å². The number of carbonyl (C=O) groups is 2. The smallest absolute Gasteiger partial charge is 0.447 e. The average Bonchev–Trinajstić information content (AvgIpc) is 3.28. The number of carbonyl (C=O) groups excluding carboxylic acids is 2. The summed E-state index contributed by atoms with van der Waals surface area (Å²) in [6.45, 7) is 8.78. The second-order valence-corrected chi connectivity index (χ2v) is 10.4. The number of morpholine rings is 1. The van der Waals surface area contributed by atoms with Crippen molar-refractivity contribution in [1.29, 1.82) is 5.26 Å². The lowest BCUT2D eigenvalue weighted by atomic mass is 9.76. The lowest BCUT2D eigenvalue weighted by Gasteiger charge is -2.39. The van der Waals surface area contributed by atoms with Gasteiger partial charge in [-0.3, -0.25) is 9.69 Å². The molecule has 200 valence electrons. The Kier molecular flexibility index (Phi) is 9.73. The number of amides is 2. The van der Waals surface area contributed by atoms with Gasteiger partial charge in [0.05, 0.1) is 24.7 Å². The van der Waals surface area contributed by atoms with Gasteiger partial charge in [0.2, 0.25) is 0 Å². The van der Waals surface area contributed by atoms with E-state index in [0.29, 0.717) is 45.7 Å². The molecule has 1 aromatic rings. The number of likely N-dealkylation sites (tertiary alicyclic amines) is 1. The summed E-state index contributed by atoms with van der Waals surface area (Å²) < 4.78 is 10.9. The number of benzene rings is 1. The van der Waals surface area contributed by atoms with Crippen molar-refractivity contribution < 1.29 is 29.1 Å². The van der Waals surface area contributed by atoms with Crippen LogP contribution in [0.2, 0.25) is 0 Å². The van der Waals surface area contributed by atoms with Crippen molar-refractivity contribution in [2.75, 3.05) is 39.5 Å². The molecular weight excluding hydrogens is 475 g/mol. The Morgan fingerprint density at radius 1 is 1.27 bits per heavy atom. The Labute approximate surface area is 219 Å². The van der Waals surface area contributed by atoms with Gasteiger partial charge in [-0.25, -0.2) is 4.79 Å². The summed E-state index contributed by atoms with van der Waals surface area (Å²) in [5.41, 5.74) is -0.410. The monoisotopic (exact) mass is 512 g/mol. The first kappa shape index (κ1) is 28.7. The van der Waals surface area contributed by atoms with E-state index in [4.69, 9.17) is 9.47 Å². The highest BCUT2D eigenvalue weighted by molar-refractivity contribution is 6.43. The van der Waals surface area contributed by atoms with E-state index in [0.717, 1.165) is 5.56 Å². The molecular formula is C26H37BN4O6. The summed E-state index contributed by atoms with van der Waals surface area (Å²) in [5.74, 6) is -1.35. The number of nitrogens with one attached hydrogen (secondary N) is 1. The molecule has 37 heavy (non-hydrogen) atoms. The van der Waals surface area contributed by atoms with Crippen molar-refractivity contribution in [3.8, 4) is 6.07 Å². The second kappa shape index (κ2) is 12.6. The van der Waals surface area contributed by atoms with Crippen LogP contribution in [0.15, 0.2) is 42.0 Å². The van der Waals surface area contributed by atoms with Gasteiger partial charge in [0, 0.05) is 25.2 Å². The first-order valence-electron chi connectivity index (χ1n) is 12.7. The van der Waals surface area contributed by atoms with Crippen LogP contribution in [0.4, 0.5) is 4.79 Å². The molecule has 2 atom stereocenters. The maximum Gasteiger partial charge on any atom is 0.475 e. The van der Waals surface area contributed by atoms with E-state index in [-0.39, 0.29) is 24.5 Å². The Hall–Kier alpha value is -2.91. The van der Waals surface area contributed by atoms with E-state index in [1.165, 1.54) is 0 Å². The zero-order valence-electron chi connectivity index (χ0n) is 21.9. The zero-order chi connectivity index (χ0) is 27.1. The molecule has 3 N–H and O–H groups in total. The highest BCUT2D eigenvalue weighted by atomic mass is 16.6. The number of hydrogen-bond donors (Lipinski definition) is 3. The predicted molar refractivity (Wildman–Crippen MR) is 138 cm³/mol. The van der Waals surface area contributed by atoms with E-state index < -0.39 is 30.2 Å². The highest BCUT2D eigenvalue weighted by Gasteiger charge is 2.42. The van der Waals surface area contributed by atoms with Gasteiger partial charge in [0.25, 0.3) is 5.91 Å². The SMILES string of the molecule is CC(C)(/C=C(\C#N)C(=O)N1CCC[C@]1(C)COC(=O)N[C@@H](Cc1ccccc1)B(O)O)N1CCOCC1. The van der Waals surface area contributed by atoms with Gasteiger partial charge >= 0.3 is 13.2 Å². The summed E-state index contributed by atoms with van der Waals surface area (Å²) in [6, 6.07) is 11.2. The van der Waals surface area contributed by atoms with Crippen molar-refractivity contribution in [2.45, 2.75) is 57.1 Å². The van der Waals surface area contributed by atoms with E-state index in [1.54, 1.807) is 11.0 Å². The van der Waals surface area contributed by atoms with Crippen LogP contribution in [0, 0.1) is 11.3 Å². The molecule has 11 heteroatoms. The Bertz CT molecular complexity index is 1010. The minimum atomic E-state index is -1.77. The summed E-state index contributed by atoms with van der Waals surface area (Å²) >= 11 is 0. The molecule has 0 aliphatic carbocycles. The van der Waals surface area contributed by atoms with E-state index in [2.05, 4.69) is 16.3 Å². The van der Waals surface area contributed by atoms with Gasteiger partial charge in [0.1, 0.15) is 18.2 Å². The van der Waals surface area contributed by atoms with Crippen LogP contribution in [-0.4, -0.2) is 95.4 Å². The molecule has 2 aliphatic rings. The summed E-state index contributed by atoms with van der Waals surface area (Å²) in [7, 11) is -1.77. The minimum absolute atomic E-state index is 0.0559. The Morgan fingerprint density at radius 2 is 1.95 bits per heavy atom. The molecule has 1 aromatic carbocycles. The molecule has 2 heterocycles. The van der Waals surface area contributed by atoms with Crippen molar-refractivity contribution in [1.82, 2.24) is 15.1 Å². The molecule has 3 rings (SSSR count). The van der Waals surface area contributed by atoms with Crippen LogP contribution in [0.3, 0.4) is 0 Å². The molecule has 0 bridgehead atoms. The number of nitrogens with zero attached hydrogens (tertiary/aromatic N) is 3. The van der Waals surface area contributed by atoms with Crippen LogP contribution >= 0.6 is 0 Å². The van der Waals surface area contributed by atoms with Gasteiger partial charge in [0.15, 0.2) is 0 Å². The quantitative estimate of drug-likeness (QED) is 0.256. The number of hydrogen-bond acceptors (Lipinski definition) is 8. The fraction of sp³-hybridized carbons (Fsp3) is 0.577. The second-order valence-electron chi connectivity index (χ2n) is 10.4. The standard InChI is InChI=1S/C26H37BN4O6/c1-25(2,30-12-14-36-15-13-30)17-21(18-28)23(32)31-11-7-10-26(31,3)19-37-24(33)29-22(27(34)35)16-20-8-5-4-6-9-20/h4-6,8-9,17,22,34-35H,7,10-16,19H2,1-3H3,(H,29,33)/b21-17+/t22-,26+/m0/s1. The topological polar surface area (TPSA) is 135 Å². The Morgan fingerprint density at radius 3 is 2.57 bits per heavy atom. The maximum absolute atomic E-state index is 13.4. The normalized spacial score (nSPS) is 21.7. The zero-order valence-corrected chi connectivity index (χ0v) is 21.9. The molecule has 0 spiro atoms. The largest absolute Gasteiger partial charge is 0.475 e. The lowest BCUT2D eigenvalue weighted by molar-refractivity contribution is -0.131. The molecule has 2 aliphatic heterocycles. The summed E-state index contributed by atoms with van der Waals surface area (Å²) in [4.78, 5) is 29.8. The molecule has 2 saturated heterocycles. The summed E-state index contributed by atoms with van der Waals surface area (Å²) in [6.07, 6.45) is 2.44. The fourth-order valence-corrected chi connectivity index (χ4v) is 4.90. The van der Waals surface area contributed by atoms with Gasteiger partial charge in [-0.15, -0.1) is 0 Å². The number of ether oxygens (including phenoxy) is 2.